The number of nitrogens with zero attached hydrogens (tertiary/aromatic N) is 2. The van der Waals surface area contributed by atoms with Crippen LogP contribution in [0.4, 0.5) is 0 Å². The van der Waals surface area contributed by atoms with Crippen LogP contribution in [0, 0.1) is 0 Å². The molecule has 1 aromatic rings. The fourth-order valence-corrected chi connectivity index (χ4v) is 3.35. The summed E-state index contributed by atoms with van der Waals surface area (Å²) in [5, 5.41) is 2.54. The Balaban J connectivity index is 2.33. The van der Waals surface area contributed by atoms with Crippen molar-refractivity contribution in [3.63, 3.8) is 0 Å². The Hall–Kier alpha value is -2.80. The van der Waals surface area contributed by atoms with Gasteiger partial charge in [0.05, 0.1) is 6.54 Å². The van der Waals surface area contributed by atoms with Crippen LogP contribution in [0.3, 0.4) is 0 Å². The summed E-state index contributed by atoms with van der Waals surface area (Å²) in [4.78, 5) is 50.1. The highest BCUT2D eigenvalue weighted by atomic mass is 16.2. The molecule has 0 radical (unpaired) electrons. The van der Waals surface area contributed by atoms with Crippen LogP contribution in [-0.4, -0.2) is 60.9 Å². The number of fused-ring (bicyclic) bond motifs is 1. The molecule has 1 N–H and O–H groups in total. The summed E-state index contributed by atoms with van der Waals surface area (Å²) < 4.78 is 0. The van der Waals surface area contributed by atoms with Crippen molar-refractivity contribution in [2.75, 3.05) is 20.6 Å². The van der Waals surface area contributed by atoms with Crippen molar-refractivity contribution in [2.24, 2.45) is 0 Å². The molecule has 0 spiro atoms. The molecule has 0 bridgehead atoms. The average Bonchev–Trinajstić information content (AvgIpc) is 3.07. The maximum Gasteiger partial charge on any atom is 0.254 e. The Morgan fingerprint density at radius 1 is 1.26 bits per heavy atom. The Morgan fingerprint density at radius 2 is 1.93 bits per heavy atom. The maximum atomic E-state index is 13.1. The third-order valence-corrected chi connectivity index (χ3v) is 4.84. The van der Waals surface area contributed by atoms with Crippen molar-refractivity contribution in [1.82, 2.24) is 15.1 Å². The molecule has 0 aromatic heterocycles. The fourth-order valence-electron chi connectivity index (χ4n) is 3.35. The van der Waals surface area contributed by atoms with Crippen molar-refractivity contribution in [2.45, 2.75) is 32.0 Å². The van der Waals surface area contributed by atoms with E-state index in [0.29, 0.717) is 30.8 Å². The van der Waals surface area contributed by atoms with Crippen LogP contribution in [0.5, 0.6) is 0 Å². The number of carbonyl (C=O) groups excluding carboxylic acids is 4. The topological polar surface area (TPSA) is 86.8 Å². The van der Waals surface area contributed by atoms with Gasteiger partial charge in [-0.15, -0.1) is 0 Å². The highest BCUT2D eigenvalue weighted by Gasteiger charge is 2.29. The molecule has 2 rings (SSSR count). The summed E-state index contributed by atoms with van der Waals surface area (Å²) in [5.74, 6) is -0.618. The largest absolute Gasteiger partial charge is 0.357 e. The van der Waals surface area contributed by atoms with Gasteiger partial charge in [-0.1, -0.05) is 12.7 Å². The van der Waals surface area contributed by atoms with Crippen LogP contribution in [0.1, 0.15) is 39.9 Å². The second-order valence-corrected chi connectivity index (χ2v) is 6.54. The third-order valence-electron chi connectivity index (χ3n) is 4.84. The van der Waals surface area contributed by atoms with E-state index in [9.17, 15) is 19.2 Å². The molecular weight excluding hydrogens is 346 g/mol. The number of carbonyl (C=O) groups is 4. The highest BCUT2D eigenvalue weighted by molar-refractivity contribution is 6.00. The van der Waals surface area contributed by atoms with E-state index in [2.05, 4.69) is 11.9 Å². The number of benzene rings is 1. The van der Waals surface area contributed by atoms with Gasteiger partial charge in [0, 0.05) is 39.2 Å². The first-order valence-electron chi connectivity index (χ1n) is 8.83. The van der Waals surface area contributed by atoms with E-state index in [1.54, 1.807) is 13.1 Å². The van der Waals surface area contributed by atoms with Gasteiger partial charge in [0.25, 0.3) is 5.91 Å². The van der Waals surface area contributed by atoms with Crippen LogP contribution in [0.25, 0.3) is 6.08 Å². The molecule has 0 aliphatic carbocycles. The molecule has 7 nitrogen and oxygen atoms in total. The smallest absolute Gasteiger partial charge is 0.254 e. The van der Waals surface area contributed by atoms with E-state index < -0.39 is 6.04 Å². The van der Waals surface area contributed by atoms with Crippen LogP contribution < -0.4 is 5.32 Å². The second kappa shape index (κ2) is 9.23. The van der Waals surface area contributed by atoms with Crippen LogP contribution in [0.2, 0.25) is 0 Å². The van der Waals surface area contributed by atoms with Crippen LogP contribution in [-0.2, 0) is 27.5 Å². The molecule has 1 aliphatic rings. The van der Waals surface area contributed by atoms with Crippen molar-refractivity contribution in [3.8, 4) is 0 Å². The normalized spacial score (nSPS) is 14.1. The Morgan fingerprint density at radius 3 is 2.48 bits per heavy atom. The lowest BCUT2D eigenvalue weighted by Crippen LogP contribution is -2.47. The summed E-state index contributed by atoms with van der Waals surface area (Å²) >= 11 is 0. The number of hydrogen-bond acceptors (Lipinski definition) is 5. The van der Waals surface area contributed by atoms with Gasteiger partial charge in [0.1, 0.15) is 18.6 Å². The molecule has 1 unspecified atom stereocenters. The molecule has 0 fully saturated rings. The van der Waals surface area contributed by atoms with Crippen LogP contribution >= 0.6 is 0 Å². The molecule has 0 saturated heterocycles. The summed E-state index contributed by atoms with van der Waals surface area (Å²) in [6.45, 7) is 5.38. The van der Waals surface area contributed by atoms with Gasteiger partial charge in [-0.3, -0.25) is 14.5 Å². The lowest BCUT2D eigenvalue weighted by molar-refractivity contribution is -0.125. The van der Waals surface area contributed by atoms with E-state index in [0.717, 1.165) is 23.7 Å². The van der Waals surface area contributed by atoms with E-state index in [4.69, 9.17) is 0 Å². The standard InChI is InChI=1S/C20H25N3O4/c1-4-14-10-15-12-23(7-9-25)13-16(15)11-17(14)20(27)22(3)18(6-5-8-24)19(26)21-2/h4,8-11,18H,1,5-7,12-13H2,2-3H3,(H,21,26). The number of hydrogen-bond donors (Lipinski definition) is 1. The predicted octanol–water partition coefficient (Wildman–Crippen LogP) is 1.01. The summed E-state index contributed by atoms with van der Waals surface area (Å²) in [5.41, 5.74) is 3.20. The quantitative estimate of drug-likeness (QED) is 0.655. The molecule has 1 heterocycles. The summed E-state index contributed by atoms with van der Waals surface area (Å²) in [6, 6.07) is 3.00. The van der Waals surface area contributed by atoms with Crippen LogP contribution in [0.15, 0.2) is 18.7 Å². The average molecular weight is 371 g/mol. The number of nitrogens with one attached hydrogen (secondary N) is 1. The molecule has 0 saturated carbocycles. The number of rotatable bonds is 9. The first kappa shape index (κ1) is 20.5. The van der Waals surface area contributed by atoms with Gasteiger partial charge in [0.2, 0.25) is 5.91 Å². The number of likely N-dealkylation sites (N-methyl/N-ethyl adjacent to an activating group) is 2. The molecule has 1 aliphatic heterocycles. The minimum absolute atomic E-state index is 0.189. The van der Waals surface area contributed by atoms with Crippen molar-refractivity contribution >= 4 is 30.5 Å². The molecule has 144 valence electrons. The molecule has 7 heteroatoms. The fraction of sp³-hybridized carbons (Fsp3) is 0.400. The Kier molecular flexibility index (Phi) is 7.01. The van der Waals surface area contributed by atoms with Crippen molar-refractivity contribution < 1.29 is 19.2 Å². The SMILES string of the molecule is C=Cc1cc2c(cc1C(=O)N(C)C(CCC=O)C(=O)NC)CN(CC=O)C2. The predicted molar refractivity (Wildman–Crippen MR) is 102 cm³/mol. The zero-order valence-corrected chi connectivity index (χ0v) is 15.7. The van der Waals surface area contributed by atoms with E-state index in [1.807, 2.05) is 17.0 Å². The Labute approximate surface area is 159 Å². The summed E-state index contributed by atoms with van der Waals surface area (Å²) in [7, 11) is 3.06. The summed E-state index contributed by atoms with van der Waals surface area (Å²) in [6.07, 6.45) is 3.66. The number of aldehydes is 2. The first-order chi connectivity index (χ1) is 13.0. The lowest BCUT2D eigenvalue weighted by Gasteiger charge is -2.27. The molecule has 27 heavy (non-hydrogen) atoms. The third kappa shape index (κ3) is 4.49. The second-order valence-electron chi connectivity index (χ2n) is 6.54. The van der Waals surface area contributed by atoms with Gasteiger partial charge < -0.3 is 19.8 Å². The maximum absolute atomic E-state index is 13.1. The minimum Gasteiger partial charge on any atom is -0.357 e. The zero-order valence-electron chi connectivity index (χ0n) is 15.7. The van der Waals surface area contributed by atoms with Gasteiger partial charge in [-0.2, -0.15) is 0 Å². The van der Waals surface area contributed by atoms with E-state index >= 15 is 0 Å². The molecule has 2 amide bonds. The molecule has 1 atom stereocenters. The first-order valence-corrected chi connectivity index (χ1v) is 8.83. The molecule has 1 aromatic carbocycles. The monoisotopic (exact) mass is 371 g/mol. The van der Waals surface area contributed by atoms with Crippen molar-refractivity contribution in [1.29, 1.82) is 0 Å². The lowest BCUT2D eigenvalue weighted by atomic mass is 9.98. The Bertz CT molecular complexity index is 760. The minimum atomic E-state index is -0.731. The van der Waals surface area contributed by atoms with Gasteiger partial charge in [0.15, 0.2) is 0 Å². The zero-order chi connectivity index (χ0) is 20.0. The van der Waals surface area contributed by atoms with Gasteiger partial charge in [-0.05, 0) is 35.2 Å². The van der Waals surface area contributed by atoms with Gasteiger partial charge >= 0.3 is 0 Å². The van der Waals surface area contributed by atoms with E-state index in [1.165, 1.54) is 11.9 Å². The van der Waals surface area contributed by atoms with Crippen molar-refractivity contribution in [3.05, 3.63) is 41.0 Å². The molecular formula is C20H25N3O4. The van der Waals surface area contributed by atoms with Gasteiger partial charge in [-0.25, -0.2) is 0 Å². The van der Waals surface area contributed by atoms with E-state index in [-0.39, 0.29) is 24.7 Å². The highest BCUT2D eigenvalue weighted by Crippen LogP contribution is 2.27. The number of amides is 2.